The van der Waals surface area contributed by atoms with Crippen molar-refractivity contribution in [3.63, 3.8) is 0 Å². The summed E-state index contributed by atoms with van der Waals surface area (Å²) in [7, 11) is 0. The largest absolute Gasteiger partial charge is 0.478 e. The molecule has 0 spiro atoms. The van der Waals surface area contributed by atoms with Crippen molar-refractivity contribution >= 4 is 28.8 Å². The highest BCUT2D eigenvalue weighted by Gasteiger charge is 2.14. The number of pyridine rings is 1. The molecular weight excluding hydrogens is 340 g/mol. The van der Waals surface area contributed by atoms with Gasteiger partial charge in [0.2, 0.25) is 0 Å². The summed E-state index contributed by atoms with van der Waals surface area (Å²) in [5, 5.41) is 15.1. The standard InChI is InChI=1S/C19H15F2N3O2/c1-11-3-2-4-13(7-11)24-18-15(19(25)26)9-14(10-22-18)23-17-6-5-12(20)8-16(17)21/h2-10,23H,1H3,(H,22,24)(H,25,26). The van der Waals surface area contributed by atoms with Crippen molar-refractivity contribution in [2.75, 3.05) is 10.6 Å². The van der Waals surface area contributed by atoms with Crippen LogP contribution in [-0.4, -0.2) is 16.1 Å². The van der Waals surface area contributed by atoms with Gasteiger partial charge >= 0.3 is 5.97 Å². The Morgan fingerprint density at radius 3 is 2.54 bits per heavy atom. The number of aromatic carboxylic acids is 1. The molecule has 0 bridgehead atoms. The van der Waals surface area contributed by atoms with E-state index in [9.17, 15) is 18.7 Å². The maximum Gasteiger partial charge on any atom is 0.339 e. The van der Waals surface area contributed by atoms with Crippen LogP contribution in [0.5, 0.6) is 0 Å². The SMILES string of the molecule is Cc1cccc(Nc2ncc(Nc3ccc(F)cc3F)cc2C(=O)O)c1. The molecule has 5 nitrogen and oxygen atoms in total. The zero-order valence-electron chi connectivity index (χ0n) is 13.8. The zero-order chi connectivity index (χ0) is 18.7. The van der Waals surface area contributed by atoms with Crippen LogP contribution in [0.15, 0.2) is 54.7 Å². The number of nitrogens with one attached hydrogen (secondary N) is 2. The fourth-order valence-electron chi connectivity index (χ4n) is 2.40. The number of carbonyl (C=O) groups is 1. The Balaban J connectivity index is 1.90. The van der Waals surface area contributed by atoms with Crippen LogP contribution < -0.4 is 10.6 Å². The third-order valence-corrected chi connectivity index (χ3v) is 3.61. The highest BCUT2D eigenvalue weighted by atomic mass is 19.1. The Labute approximate surface area is 148 Å². The van der Waals surface area contributed by atoms with Gasteiger partial charge < -0.3 is 15.7 Å². The topological polar surface area (TPSA) is 74.2 Å². The van der Waals surface area contributed by atoms with E-state index in [2.05, 4.69) is 15.6 Å². The number of carboxylic acid groups (broad SMARTS) is 1. The molecule has 0 amide bonds. The van der Waals surface area contributed by atoms with E-state index in [0.29, 0.717) is 5.69 Å². The molecule has 0 aliphatic rings. The predicted molar refractivity (Wildman–Crippen MR) is 95.3 cm³/mol. The van der Waals surface area contributed by atoms with Crippen molar-refractivity contribution in [1.82, 2.24) is 4.98 Å². The molecule has 3 aromatic rings. The molecule has 2 aromatic carbocycles. The average molecular weight is 355 g/mol. The first-order chi connectivity index (χ1) is 12.4. The van der Waals surface area contributed by atoms with Crippen molar-refractivity contribution in [2.24, 2.45) is 0 Å². The number of rotatable bonds is 5. The lowest BCUT2D eigenvalue weighted by Crippen LogP contribution is -2.06. The summed E-state index contributed by atoms with van der Waals surface area (Å²) in [6.45, 7) is 1.92. The first-order valence-electron chi connectivity index (χ1n) is 7.71. The molecule has 1 heterocycles. The minimum atomic E-state index is -1.18. The quantitative estimate of drug-likeness (QED) is 0.610. The molecule has 0 radical (unpaired) electrons. The van der Waals surface area contributed by atoms with E-state index in [1.165, 1.54) is 18.3 Å². The van der Waals surface area contributed by atoms with Crippen molar-refractivity contribution in [1.29, 1.82) is 0 Å². The number of aryl methyl sites for hydroxylation is 1. The smallest absolute Gasteiger partial charge is 0.339 e. The Bertz CT molecular complexity index is 977. The fraction of sp³-hybridized carbons (Fsp3) is 0.0526. The van der Waals surface area contributed by atoms with Gasteiger partial charge in [0.25, 0.3) is 0 Å². The van der Waals surface area contributed by atoms with Gasteiger partial charge in [-0.15, -0.1) is 0 Å². The molecule has 0 aliphatic carbocycles. The van der Waals surface area contributed by atoms with Gasteiger partial charge in [-0.05, 0) is 42.8 Å². The van der Waals surface area contributed by atoms with Crippen LogP contribution in [0, 0.1) is 18.6 Å². The minimum absolute atomic E-state index is 0.0175. The van der Waals surface area contributed by atoms with Gasteiger partial charge in [0.1, 0.15) is 23.0 Å². The Morgan fingerprint density at radius 1 is 1.04 bits per heavy atom. The first kappa shape index (κ1) is 17.3. The first-order valence-corrected chi connectivity index (χ1v) is 7.71. The van der Waals surface area contributed by atoms with E-state index < -0.39 is 17.6 Å². The normalized spacial score (nSPS) is 10.4. The lowest BCUT2D eigenvalue weighted by molar-refractivity contribution is 0.0697. The van der Waals surface area contributed by atoms with Gasteiger partial charge in [0, 0.05) is 11.8 Å². The van der Waals surface area contributed by atoms with Crippen molar-refractivity contribution in [2.45, 2.75) is 6.92 Å². The number of benzene rings is 2. The summed E-state index contributed by atoms with van der Waals surface area (Å²) >= 11 is 0. The van der Waals surface area contributed by atoms with Gasteiger partial charge in [0.15, 0.2) is 0 Å². The zero-order valence-corrected chi connectivity index (χ0v) is 13.8. The molecule has 3 N–H and O–H groups in total. The van der Waals surface area contributed by atoms with Crippen LogP contribution in [0.1, 0.15) is 15.9 Å². The number of carboxylic acids is 1. The van der Waals surface area contributed by atoms with E-state index in [1.54, 1.807) is 6.07 Å². The van der Waals surface area contributed by atoms with Crippen molar-refractivity contribution < 1.29 is 18.7 Å². The molecule has 3 rings (SSSR count). The van der Waals surface area contributed by atoms with Crippen LogP contribution in [0.3, 0.4) is 0 Å². The van der Waals surface area contributed by atoms with Gasteiger partial charge in [-0.1, -0.05) is 12.1 Å². The predicted octanol–water partition coefficient (Wildman–Crippen LogP) is 4.85. The lowest BCUT2D eigenvalue weighted by Gasteiger charge is -2.12. The van der Waals surface area contributed by atoms with Gasteiger partial charge in [-0.3, -0.25) is 0 Å². The molecule has 0 aliphatic heterocycles. The summed E-state index contributed by atoms with van der Waals surface area (Å²) in [6, 6.07) is 11.8. The van der Waals surface area contributed by atoms with E-state index in [1.807, 2.05) is 25.1 Å². The number of nitrogens with zero attached hydrogens (tertiary/aromatic N) is 1. The molecule has 0 saturated heterocycles. The third-order valence-electron chi connectivity index (χ3n) is 3.61. The molecule has 0 atom stereocenters. The van der Waals surface area contributed by atoms with Crippen LogP contribution >= 0.6 is 0 Å². The monoisotopic (exact) mass is 355 g/mol. The second-order valence-corrected chi connectivity index (χ2v) is 5.67. The maximum atomic E-state index is 13.7. The molecule has 1 aromatic heterocycles. The van der Waals surface area contributed by atoms with E-state index in [0.717, 1.165) is 17.7 Å². The summed E-state index contributed by atoms with van der Waals surface area (Å²) in [5.74, 6) is -2.51. The fourth-order valence-corrected chi connectivity index (χ4v) is 2.40. The third kappa shape index (κ3) is 3.94. The van der Waals surface area contributed by atoms with Gasteiger partial charge in [-0.25, -0.2) is 18.6 Å². The highest BCUT2D eigenvalue weighted by molar-refractivity contribution is 5.95. The molecule has 0 unspecified atom stereocenters. The average Bonchev–Trinajstić information content (AvgIpc) is 2.58. The van der Waals surface area contributed by atoms with Crippen LogP contribution in [0.25, 0.3) is 0 Å². The van der Waals surface area contributed by atoms with E-state index >= 15 is 0 Å². The maximum absolute atomic E-state index is 13.7. The van der Waals surface area contributed by atoms with Gasteiger partial charge in [-0.2, -0.15) is 0 Å². The number of anilines is 4. The van der Waals surface area contributed by atoms with Gasteiger partial charge in [0.05, 0.1) is 17.6 Å². The van der Waals surface area contributed by atoms with E-state index in [4.69, 9.17) is 0 Å². The van der Waals surface area contributed by atoms with E-state index in [-0.39, 0.29) is 22.8 Å². The number of halogens is 2. The Morgan fingerprint density at radius 2 is 1.85 bits per heavy atom. The summed E-state index contributed by atoms with van der Waals surface area (Å²) < 4.78 is 26.7. The minimum Gasteiger partial charge on any atom is -0.478 e. The summed E-state index contributed by atoms with van der Waals surface area (Å²) in [6.07, 6.45) is 1.37. The number of aromatic nitrogens is 1. The Hall–Kier alpha value is -3.48. The second kappa shape index (κ2) is 7.18. The Kier molecular flexibility index (Phi) is 4.79. The van der Waals surface area contributed by atoms with Crippen LogP contribution in [-0.2, 0) is 0 Å². The second-order valence-electron chi connectivity index (χ2n) is 5.67. The van der Waals surface area contributed by atoms with Crippen LogP contribution in [0.4, 0.5) is 31.7 Å². The molecule has 132 valence electrons. The molecule has 26 heavy (non-hydrogen) atoms. The molecule has 0 fully saturated rings. The van der Waals surface area contributed by atoms with Crippen molar-refractivity contribution in [3.8, 4) is 0 Å². The molecule has 0 saturated carbocycles. The molecule has 7 heteroatoms. The van der Waals surface area contributed by atoms with Crippen molar-refractivity contribution in [3.05, 3.63) is 77.5 Å². The summed E-state index contributed by atoms with van der Waals surface area (Å²) in [4.78, 5) is 15.7. The number of hydrogen-bond donors (Lipinski definition) is 3. The lowest BCUT2D eigenvalue weighted by atomic mass is 10.2. The summed E-state index contributed by atoms with van der Waals surface area (Å²) in [5.41, 5.74) is 1.91. The molecular formula is C19H15F2N3O2. The highest BCUT2D eigenvalue weighted by Crippen LogP contribution is 2.25. The number of hydrogen-bond acceptors (Lipinski definition) is 4. The van der Waals surface area contributed by atoms with Crippen LogP contribution in [0.2, 0.25) is 0 Å².